The molecule has 1 heterocycles. The molecule has 0 unspecified atom stereocenters. The van der Waals surface area contributed by atoms with Crippen LogP contribution in [0.5, 0.6) is 0 Å². The molecule has 0 radical (unpaired) electrons. The van der Waals surface area contributed by atoms with E-state index in [1.165, 1.54) is 6.07 Å². The number of rotatable bonds is 3. The lowest BCUT2D eigenvalue weighted by molar-refractivity contribution is 0.511. The molecule has 30 heavy (non-hydrogen) atoms. The molecule has 2 nitrogen and oxygen atoms in total. The maximum Gasteiger partial charge on any atom is 0.159 e. The van der Waals surface area contributed by atoms with Gasteiger partial charge in [0.05, 0.1) is 5.56 Å². The van der Waals surface area contributed by atoms with Crippen LogP contribution in [0.15, 0.2) is 60.9 Å². The third kappa shape index (κ3) is 4.49. The van der Waals surface area contributed by atoms with E-state index in [-0.39, 0.29) is 5.56 Å². The first-order chi connectivity index (χ1) is 14.5. The zero-order valence-corrected chi connectivity index (χ0v) is 16.2. The van der Waals surface area contributed by atoms with Gasteiger partial charge in [-0.2, -0.15) is 0 Å². The van der Waals surface area contributed by atoms with Crippen molar-refractivity contribution in [3.05, 3.63) is 106 Å². The van der Waals surface area contributed by atoms with Crippen LogP contribution in [-0.4, -0.2) is 9.97 Å². The summed E-state index contributed by atoms with van der Waals surface area (Å²) in [7, 11) is 0. The van der Waals surface area contributed by atoms with Crippen molar-refractivity contribution in [2.75, 3.05) is 0 Å². The molecule has 0 atom stereocenters. The van der Waals surface area contributed by atoms with E-state index >= 15 is 0 Å². The van der Waals surface area contributed by atoms with Gasteiger partial charge in [0.2, 0.25) is 0 Å². The van der Waals surface area contributed by atoms with Gasteiger partial charge in [-0.1, -0.05) is 24.0 Å². The van der Waals surface area contributed by atoms with Crippen LogP contribution in [0.25, 0.3) is 10.8 Å². The summed E-state index contributed by atoms with van der Waals surface area (Å²) in [5.74, 6) is 4.21. The van der Waals surface area contributed by atoms with Crippen LogP contribution in [0.1, 0.15) is 28.1 Å². The van der Waals surface area contributed by atoms with Crippen molar-refractivity contribution in [1.82, 2.24) is 9.97 Å². The van der Waals surface area contributed by atoms with Crippen molar-refractivity contribution in [1.29, 1.82) is 0 Å². The normalized spacial score (nSPS) is 10.7. The topological polar surface area (TPSA) is 25.8 Å². The summed E-state index contributed by atoms with van der Waals surface area (Å²) in [6.07, 6.45) is 4.78. The fourth-order valence-corrected chi connectivity index (χ4v) is 3.08. The molecule has 1 aromatic heterocycles. The number of hydrogen-bond acceptors (Lipinski definition) is 2. The van der Waals surface area contributed by atoms with E-state index in [1.54, 1.807) is 36.7 Å². The molecule has 5 heteroatoms. The second-order valence-electron chi connectivity index (χ2n) is 7.07. The van der Waals surface area contributed by atoms with E-state index in [0.717, 1.165) is 29.1 Å². The number of aryl methyl sites for hydroxylation is 3. The highest BCUT2D eigenvalue weighted by Gasteiger charge is 2.05. The van der Waals surface area contributed by atoms with Gasteiger partial charge in [-0.15, -0.1) is 0 Å². The van der Waals surface area contributed by atoms with Crippen molar-refractivity contribution >= 4 is 10.8 Å². The van der Waals surface area contributed by atoms with E-state index < -0.39 is 17.5 Å². The minimum Gasteiger partial charge on any atom is -0.241 e. The molecule has 0 aliphatic carbocycles. The lowest BCUT2D eigenvalue weighted by atomic mass is 10.0. The number of halogens is 3. The Bertz CT molecular complexity index is 1290. The zero-order valence-electron chi connectivity index (χ0n) is 16.2. The first-order valence-electron chi connectivity index (χ1n) is 9.45. The van der Waals surface area contributed by atoms with Gasteiger partial charge in [0.15, 0.2) is 11.6 Å². The van der Waals surface area contributed by atoms with E-state index in [4.69, 9.17) is 0 Å². The first-order valence-corrected chi connectivity index (χ1v) is 9.45. The van der Waals surface area contributed by atoms with Crippen LogP contribution in [0.3, 0.4) is 0 Å². The largest absolute Gasteiger partial charge is 0.241 e. The SMILES string of the molecule is Cc1cnc(CCc2ccc(C#Cc3ccc4cc(F)c(F)cc4c3)c(F)c2)nc1. The van der Waals surface area contributed by atoms with Crippen molar-refractivity contribution in [3.63, 3.8) is 0 Å². The Morgan fingerprint density at radius 2 is 1.47 bits per heavy atom. The first kappa shape index (κ1) is 19.7. The number of fused-ring (bicyclic) bond motifs is 1. The fraction of sp³-hybridized carbons (Fsp3) is 0.120. The molecule has 3 aromatic carbocycles. The van der Waals surface area contributed by atoms with Crippen molar-refractivity contribution in [2.45, 2.75) is 19.8 Å². The third-order valence-electron chi connectivity index (χ3n) is 4.73. The predicted molar refractivity (Wildman–Crippen MR) is 110 cm³/mol. The molecular formula is C25H17F3N2. The molecule has 0 N–H and O–H groups in total. The third-order valence-corrected chi connectivity index (χ3v) is 4.73. The van der Waals surface area contributed by atoms with Gasteiger partial charge in [0.25, 0.3) is 0 Å². The molecule has 0 saturated heterocycles. The van der Waals surface area contributed by atoms with E-state index in [9.17, 15) is 13.2 Å². The molecule has 4 aromatic rings. The quantitative estimate of drug-likeness (QED) is 0.421. The molecule has 148 valence electrons. The summed E-state index contributed by atoms with van der Waals surface area (Å²) in [5, 5.41) is 1.11. The number of hydrogen-bond donors (Lipinski definition) is 0. The molecule has 0 spiro atoms. The Labute approximate surface area is 172 Å². The number of nitrogens with zero attached hydrogens (tertiary/aromatic N) is 2. The highest BCUT2D eigenvalue weighted by Crippen LogP contribution is 2.20. The van der Waals surface area contributed by atoms with Crippen molar-refractivity contribution in [3.8, 4) is 11.8 Å². The van der Waals surface area contributed by atoms with Gasteiger partial charge in [0, 0.05) is 24.4 Å². The number of aromatic nitrogens is 2. The predicted octanol–water partition coefficient (Wildman–Crippen LogP) is 5.54. The van der Waals surface area contributed by atoms with Gasteiger partial charge in [-0.25, -0.2) is 23.1 Å². The van der Waals surface area contributed by atoms with E-state index in [0.29, 0.717) is 29.2 Å². The molecule has 0 bridgehead atoms. The van der Waals surface area contributed by atoms with Gasteiger partial charge >= 0.3 is 0 Å². The van der Waals surface area contributed by atoms with Gasteiger partial charge < -0.3 is 0 Å². The second-order valence-corrected chi connectivity index (χ2v) is 7.07. The summed E-state index contributed by atoms with van der Waals surface area (Å²) >= 11 is 0. The Kier molecular flexibility index (Phi) is 5.49. The summed E-state index contributed by atoms with van der Waals surface area (Å²) in [6.45, 7) is 1.93. The monoisotopic (exact) mass is 402 g/mol. The number of benzene rings is 3. The zero-order chi connectivity index (χ0) is 21.1. The van der Waals surface area contributed by atoms with Crippen LogP contribution in [0.2, 0.25) is 0 Å². The van der Waals surface area contributed by atoms with Gasteiger partial charge in [0.1, 0.15) is 11.6 Å². The lowest BCUT2D eigenvalue weighted by Crippen LogP contribution is -1.99. The minimum atomic E-state index is -0.912. The van der Waals surface area contributed by atoms with Gasteiger partial charge in [-0.05, 0) is 71.6 Å². The molecule has 4 rings (SSSR count). The molecular weight excluding hydrogens is 385 g/mol. The smallest absolute Gasteiger partial charge is 0.159 e. The van der Waals surface area contributed by atoms with E-state index in [1.807, 2.05) is 13.0 Å². The summed E-state index contributed by atoms with van der Waals surface area (Å²) in [6, 6.07) is 12.2. The molecule has 0 aliphatic rings. The van der Waals surface area contributed by atoms with Gasteiger partial charge in [-0.3, -0.25) is 0 Å². The average Bonchev–Trinajstić information content (AvgIpc) is 2.73. The van der Waals surface area contributed by atoms with Crippen molar-refractivity contribution < 1.29 is 13.2 Å². The van der Waals surface area contributed by atoms with Crippen LogP contribution in [0.4, 0.5) is 13.2 Å². The van der Waals surface area contributed by atoms with Crippen LogP contribution in [-0.2, 0) is 12.8 Å². The summed E-state index contributed by atoms with van der Waals surface area (Å²) in [4.78, 5) is 8.51. The Hall–Kier alpha value is -3.65. The summed E-state index contributed by atoms with van der Waals surface area (Å²) < 4.78 is 41.2. The van der Waals surface area contributed by atoms with E-state index in [2.05, 4.69) is 21.8 Å². The molecule has 0 aliphatic heterocycles. The maximum absolute atomic E-state index is 14.5. The Morgan fingerprint density at radius 1 is 0.733 bits per heavy atom. The minimum absolute atomic E-state index is 0.274. The Balaban J connectivity index is 1.50. The van der Waals surface area contributed by atoms with Crippen LogP contribution in [0, 0.1) is 36.2 Å². The molecule has 0 amide bonds. The molecule has 0 fully saturated rings. The van der Waals surface area contributed by atoms with Crippen molar-refractivity contribution in [2.24, 2.45) is 0 Å². The second kappa shape index (κ2) is 8.38. The average molecular weight is 402 g/mol. The van der Waals surface area contributed by atoms with Crippen LogP contribution < -0.4 is 0 Å². The molecule has 0 saturated carbocycles. The highest BCUT2D eigenvalue weighted by molar-refractivity contribution is 5.84. The van der Waals surface area contributed by atoms with Crippen LogP contribution >= 0.6 is 0 Å². The maximum atomic E-state index is 14.5. The summed E-state index contributed by atoms with van der Waals surface area (Å²) in [5.41, 5.74) is 2.70. The lowest BCUT2D eigenvalue weighted by Gasteiger charge is -2.03. The Morgan fingerprint density at radius 3 is 2.20 bits per heavy atom. The standard InChI is InChI=1S/C25H17F3N2/c1-16-14-29-25(30-15-16)9-5-18-3-7-19(22(26)11-18)6-2-17-4-8-20-12-23(27)24(28)13-21(20)10-17/h3-4,7-8,10-15H,5,9H2,1H3. The fourth-order valence-electron chi connectivity index (χ4n) is 3.08. The highest BCUT2D eigenvalue weighted by atomic mass is 19.2.